The molecule has 4 nitrogen and oxygen atoms in total. The molecule has 4 aromatic rings. The molecule has 1 aromatic heterocycles. The van der Waals surface area contributed by atoms with E-state index >= 15 is 0 Å². The highest BCUT2D eigenvalue weighted by molar-refractivity contribution is 9.10. The fourth-order valence-corrected chi connectivity index (χ4v) is 4.93. The van der Waals surface area contributed by atoms with Gasteiger partial charge in [0.05, 0.1) is 11.4 Å². The van der Waals surface area contributed by atoms with E-state index in [1.165, 1.54) is 0 Å². The van der Waals surface area contributed by atoms with Gasteiger partial charge < -0.3 is 5.32 Å². The molecule has 36 heavy (non-hydrogen) atoms. The van der Waals surface area contributed by atoms with Gasteiger partial charge in [-0.05, 0) is 61.9 Å². The largest absolute Gasteiger partial charge is 0.348 e. The third kappa shape index (κ3) is 6.39. The summed E-state index contributed by atoms with van der Waals surface area (Å²) < 4.78 is 0.996. The lowest BCUT2D eigenvalue weighted by Gasteiger charge is -2.09. The summed E-state index contributed by atoms with van der Waals surface area (Å²) in [6, 6.07) is 25.9. The zero-order valence-corrected chi connectivity index (χ0v) is 22.5. The maximum Gasteiger partial charge on any atom is 0.251 e. The van der Waals surface area contributed by atoms with Gasteiger partial charge in [0, 0.05) is 49.9 Å². The zero-order valence-electron chi connectivity index (χ0n) is 20.1. The van der Waals surface area contributed by atoms with Crippen molar-refractivity contribution >= 4 is 45.0 Å². The molecule has 1 N–H and O–H groups in total. The highest BCUT2D eigenvalue weighted by atomic mass is 79.9. The van der Waals surface area contributed by atoms with Crippen molar-refractivity contribution < 1.29 is 4.79 Å². The smallest absolute Gasteiger partial charge is 0.251 e. The van der Waals surface area contributed by atoms with E-state index in [1.807, 2.05) is 80.6 Å². The first-order valence-corrected chi connectivity index (χ1v) is 13.2. The van der Waals surface area contributed by atoms with E-state index in [-0.39, 0.29) is 5.91 Å². The van der Waals surface area contributed by atoms with Gasteiger partial charge in [-0.2, -0.15) is 0 Å². The van der Waals surface area contributed by atoms with E-state index in [0.29, 0.717) is 12.1 Å². The minimum Gasteiger partial charge on any atom is -0.348 e. The molecule has 5 rings (SSSR count). The zero-order chi connectivity index (χ0) is 25.3. The Labute approximate surface area is 224 Å². The van der Waals surface area contributed by atoms with Crippen LogP contribution in [0.15, 0.2) is 123 Å². The van der Waals surface area contributed by atoms with Crippen LogP contribution in [0.5, 0.6) is 0 Å². The van der Waals surface area contributed by atoms with Crippen molar-refractivity contribution in [2.75, 3.05) is 0 Å². The number of allylic oxidation sites excluding steroid dienone is 2. The quantitative estimate of drug-likeness (QED) is 0.228. The number of rotatable bonds is 4. The third-order valence-corrected chi connectivity index (χ3v) is 7.06. The van der Waals surface area contributed by atoms with Crippen LogP contribution in [-0.2, 0) is 6.54 Å². The van der Waals surface area contributed by atoms with E-state index < -0.39 is 0 Å². The van der Waals surface area contributed by atoms with Crippen LogP contribution in [0.1, 0.15) is 40.9 Å². The highest BCUT2D eigenvalue weighted by Gasteiger charge is 2.20. The second-order valence-electron chi connectivity index (χ2n) is 7.96. The van der Waals surface area contributed by atoms with Crippen molar-refractivity contribution in [3.8, 4) is 0 Å². The number of benzene rings is 3. The lowest BCUT2D eigenvalue weighted by molar-refractivity contribution is 0.0951. The molecular weight excluding hydrogens is 530 g/mol. The molecule has 1 aliphatic heterocycles. The summed E-state index contributed by atoms with van der Waals surface area (Å²) in [5, 5.41) is 2.96. The SMILES string of the molecule is C/C=C\C.O=C(NCc1cccnc1)c1ccc2c(c1)N=C(c1cccc(Br)c1)c1ccccc1S2. The number of aromatic nitrogens is 1. The average Bonchev–Trinajstić information content (AvgIpc) is 3.09. The molecule has 0 bridgehead atoms. The van der Waals surface area contributed by atoms with Gasteiger partial charge in [0.2, 0.25) is 0 Å². The van der Waals surface area contributed by atoms with Crippen molar-refractivity contribution in [1.29, 1.82) is 0 Å². The maximum atomic E-state index is 12.8. The molecule has 0 unspecified atom stereocenters. The van der Waals surface area contributed by atoms with Crippen LogP contribution in [0.4, 0.5) is 5.69 Å². The number of aliphatic imine (C=N–C) groups is 1. The Kier molecular flexibility index (Phi) is 8.87. The number of pyridine rings is 1. The van der Waals surface area contributed by atoms with Gasteiger partial charge in [-0.1, -0.05) is 76.2 Å². The first-order chi connectivity index (χ1) is 17.6. The molecule has 3 aromatic carbocycles. The fraction of sp³-hybridized carbons (Fsp3) is 0.100. The van der Waals surface area contributed by atoms with Crippen LogP contribution in [0, 0.1) is 0 Å². The van der Waals surface area contributed by atoms with Crippen LogP contribution in [0.25, 0.3) is 0 Å². The highest BCUT2D eigenvalue weighted by Crippen LogP contribution is 2.41. The molecule has 180 valence electrons. The Morgan fingerprint density at radius 1 is 0.944 bits per heavy atom. The molecule has 0 fully saturated rings. The summed E-state index contributed by atoms with van der Waals surface area (Å²) in [6.45, 7) is 4.43. The molecular formula is C30H26BrN3OS. The number of hydrogen-bond acceptors (Lipinski definition) is 4. The number of carbonyl (C=O) groups excluding carboxylic acids is 1. The van der Waals surface area contributed by atoms with E-state index in [9.17, 15) is 4.79 Å². The summed E-state index contributed by atoms with van der Waals surface area (Å²) in [5.74, 6) is -0.136. The summed E-state index contributed by atoms with van der Waals surface area (Å²) >= 11 is 5.24. The molecule has 0 radical (unpaired) electrons. The fourth-order valence-electron chi connectivity index (χ4n) is 3.53. The standard InChI is InChI=1S/C26H18BrN3OS.C4H8/c27-20-7-3-6-18(13-20)25-21-8-1-2-9-23(21)32-24-11-10-19(14-22(24)30-25)26(31)29-16-17-5-4-12-28-15-17;1-3-4-2/h1-15H,16H2,(H,29,31);3-4H,1-2H3/b;4-3-. The van der Waals surface area contributed by atoms with Gasteiger partial charge in [0.15, 0.2) is 0 Å². The molecule has 0 atom stereocenters. The molecule has 6 heteroatoms. The Bertz CT molecular complexity index is 1410. The van der Waals surface area contributed by atoms with E-state index in [1.54, 1.807) is 24.2 Å². The van der Waals surface area contributed by atoms with Gasteiger partial charge in [-0.25, -0.2) is 4.99 Å². The average molecular weight is 557 g/mol. The monoisotopic (exact) mass is 555 g/mol. The van der Waals surface area contributed by atoms with Crippen molar-refractivity contribution in [2.24, 2.45) is 4.99 Å². The molecule has 0 saturated carbocycles. The number of nitrogens with one attached hydrogen (secondary N) is 1. The Morgan fingerprint density at radius 2 is 1.78 bits per heavy atom. The first-order valence-electron chi connectivity index (χ1n) is 11.6. The Morgan fingerprint density at radius 3 is 2.53 bits per heavy atom. The van der Waals surface area contributed by atoms with Gasteiger partial charge in [0.25, 0.3) is 5.91 Å². The predicted molar refractivity (Wildman–Crippen MR) is 152 cm³/mol. The number of amides is 1. The second kappa shape index (κ2) is 12.5. The summed E-state index contributed by atoms with van der Waals surface area (Å²) in [4.78, 5) is 24.1. The summed E-state index contributed by atoms with van der Waals surface area (Å²) in [6.07, 6.45) is 7.47. The van der Waals surface area contributed by atoms with Crippen LogP contribution < -0.4 is 5.32 Å². The first kappa shape index (κ1) is 25.6. The Hall–Kier alpha value is -3.48. The minimum atomic E-state index is -0.136. The van der Waals surface area contributed by atoms with E-state index in [2.05, 4.69) is 50.5 Å². The van der Waals surface area contributed by atoms with Crippen molar-refractivity contribution in [3.05, 3.63) is 130 Å². The van der Waals surface area contributed by atoms with Crippen LogP contribution >= 0.6 is 27.7 Å². The number of hydrogen-bond donors (Lipinski definition) is 1. The molecule has 2 heterocycles. The van der Waals surface area contributed by atoms with Gasteiger partial charge in [-0.3, -0.25) is 9.78 Å². The van der Waals surface area contributed by atoms with Gasteiger partial charge in [-0.15, -0.1) is 0 Å². The number of halogens is 1. The number of fused-ring (bicyclic) bond motifs is 2. The van der Waals surface area contributed by atoms with Crippen molar-refractivity contribution in [3.63, 3.8) is 0 Å². The summed E-state index contributed by atoms with van der Waals surface area (Å²) in [5.41, 5.74) is 5.31. The predicted octanol–water partition coefficient (Wildman–Crippen LogP) is 7.99. The number of carbonyl (C=O) groups is 1. The van der Waals surface area contributed by atoms with Crippen molar-refractivity contribution in [1.82, 2.24) is 10.3 Å². The Balaban J connectivity index is 0.000000709. The van der Waals surface area contributed by atoms with E-state index in [4.69, 9.17) is 4.99 Å². The normalized spacial score (nSPS) is 11.9. The van der Waals surface area contributed by atoms with Crippen LogP contribution in [-0.4, -0.2) is 16.6 Å². The molecule has 0 aliphatic carbocycles. The van der Waals surface area contributed by atoms with Crippen LogP contribution in [0.3, 0.4) is 0 Å². The third-order valence-electron chi connectivity index (χ3n) is 5.42. The summed E-state index contributed by atoms with van der Waals surface area (Å²) in [7, 11) is 0. The van der Waals surface area contributed by atoms with Crippen molar-refractivity contribution in [2.45, 2.75) is 30.2 Å². The number of nitrogens with zero attached hydrogens (tertiary/aromatic N) is 2. The molecule has 1 aliphatic rings. The molecule has 1 amide bonds. The molecule has 0 spiro atoms. The van der Waals surface area contributed by atoms with Gasteiger partial charge >= 0.3 is 0 Å². The maximum absolute atomic E-state index is 12.8. The second-order valence-corrected chi connectivity index (χ2v) is 9.96. The topological polar surface area (TPSA) is 54.4 Å². The lowest BCUT2D eigenvalue weighted by atomic mass is 10.0. The minimum absolute atomic E-state index is 0.136. The lowest BCUT2D eigenvalue weighted by Crippen LogP contribution is -2.22. The van der Waals surface area contributed by atoms with Gasteiger partial charge in [0.1, 0.15) is 0 Å². The van der Waals surface area contributed by atoms with E-state index in [0.717, 1.165) is 42.4 Å². The van der Waals surface area contributed by atoms with Crippen LogP contribution in [0.2, 0.25) is 0 Å². The molecule has 0 saturated heterocycles.